The number of ether oxygens (including phenoxy) is 1. The summed E-state index contributed by atoms with van der Waals surface area (Å²) < 4.78 is 10.8. The summed E-state index contributed by atoms with van der Waals surface area (Å²) in [5, 5.41) is 0.613. The quantitative estimate of drug-likeness (QED) is 0.798. The number of rotatable bonds is 3. The van der Waals surface area contributed by atoms with Crippen molar-refractivity contribution in [3.05, 3.63) is 22.6 Å². The Morgan fingerprint density at radius 3 is 3.07 bits per heavy atom. The Hall–Kier alpha value is -0.800. The van der Waals surface area contributed by atoms with Crippen LogP contribution < -0.4 is 0 Å². The van der Waals surface area contributed by atoms with E-state index in [-0.39, 0.29) is 11.7 Å². The standard InChI is InChI=1S/C11H13ClO3/c1-7(13)4-9-5-10(12)11(15-9)8-2-3-14-6-8/h5,8H,2-4,6H2,1H3. The first-order valence-electron chi connectivity index (χ1n) is 5.02. The molecule has 0 bridgehead atoms. The molecular weight excluding hydrogens is 216 g/mol. The lowest BCUT2D eigenvalue weighted by atomic mass is 10.1. The zero-order valence-electron chi connectivity index (χ0n) is 8.59. The first kappa shape index (κ1) is 10.7. The van der Waals surface area contributed by atoms with Crippen molar-refractivity contribution in [3.63, 3.8) is 0 Å². The highest BCUT2D eigenvalue weighted by Gasteiger charge is 2.24. The zero-order chi connectivity index (χ0) is 10.8. The lowest BCUT2D eigenvalue weighted by Crippen LogP contribution is -1.96. The zero-order valence-corrected chi connectivity index (χ0v) is 9.34. The van der Waals surface area contributed by atoms with E-state index in [9.17, 15) is 4.79 Å². The van der Waals surface area contributed by atoms with Crippen LogP contribution in [0.15, 0.2) is 10.5 Å². The van der Waals surface area contributed by atoms with E-state index in [4.69, 9.17) is 20.8 Å². The van der Waals surface area contributed by atoms with Crippen molar-refractivity contribution in [3.8, 4) is 0 Å². The molecule has 1 atom stereocenters. The summed E-state index contributed by atoms with van der Waals surface area (Å²) in [6.07, 6.45) is 1.25. The van der Waals surface area contributed by atoms with Crippen LogP contribution in [0.2, 0.25) is 5.02 Å². The minimum atomic E-state index is 0.0784. The van der Waals surface area contributed by atoms with Crippen LogP contribution in [0, 0.1) is 0 Å². The van der Waals surface area contributed by atoms with Crippen molar-refractivity contribution in [1.82, 2.24) is 0 Å². The second-order valence-corrected chi connectivity index (χ2v) is 4.27. The summed E-state index contributed by atoms with van der Waals surface area (Å²) in [5.41, 5.74) is 0. The average molecular weight is 229 g/mol. The number of hydrogen-bond donors (Lipinski definition) is 0. The number of ketones is 1. The second-order valence-electron chi connectivity index (χ2n) is 3.86. The van der Waals surface area contributed by atoms with Gasteiger partial charge in [-0.3, -0.25) is 4.79 Å². The minimum Gasteiger partial charge on any atom is -0.464 e. The number of hydrogen-bond acceptors (Lipinski definition) is 3. The Bertz CT molecular complexity index is 364. The lowest BCUT2D eigenvalue weighted by Gasteiger charge is -2.03. The molecule has 3 nitrogen and oxygen atoms in total. The van der Waals surface area contributed by atoms with Crippen molar-refractivity contribution >= 4 is 17.4 Å². The van der Waals surface area contributed by atoms with E-state index in [2.05, 4.69) is 0 Å². The van der Waals surface area contributed by atoms with E-state index in [1.165, 1.54) is 6.92 Å². The topological polar surface area (TPSA) is 39.4 Å². The minimum absolute atomic E-state index is 0.0784. The highest BCUT2D eigenvalue weighted by atomic mass is 35.5. The van der Waals surface area contributed by atoms with Crippen LogP contribution in [0.3, 0.4) is 0 Å². The molecule has 0 aliphatic carbocycles. The fraction of sp³-hybridized carbons (Fsp3) is 0.545. The third kappa shape index (κ3) is 2.41. The molecule has 0 N–H and O–H groups in total. The summed E-state index contributed by atoms with van der Waals surface area (Å²) in [4.78, 5) is 10.9. The molecule has 1 aromatic heterocycles. The summed E-state index contributed by atoms with van der Waals surface area (Å²) in [7, 11) is 0. The smallest absolute Gasteiger partial charge is 0.137 e. The van der Waals surface area contributed by atoms with Gasteiger partial charge in [0.05, 0.1) is 18.1 Å². The van der Waals surface area contributed by atoms with Gasteiger partial charge in [-0.15, -0.1) is 0 Å². The molecular formula is C11H13ClO3. The van der Waals surface area contributed by atoms with Crippen LogP contribution in [0.1, 0.15) is 30.8 Å². The normalized spacial score (nSPS) is 20.8. The molecule has 0 aromatic carbocycles. The summed E-state index contributed by atoms with van der Waals surface area (Å²) in [5.74, 6) is 1.74. The van der Waals surface area contributed by atoms with Crippen molar-refractivity contribution in [2.24, 2.45) is 0 Å². The van der Waals surface area contributed by atoms with Crippen molar-refractivity contribution in [2.75, 3.05) is 13.2 Å². The van der Waals surface area contributed by atoms with E-state index in [0.717, 1.165) is 18.8 Å². The molecule has 1 saturated heterocycles. The summed E-state index contributed by atoms with van der Waals surface area (Å²) in [6.45, 7) is 2.95. The van der Waals surface area contributed by atoms with Gasteiger partial charge in [0.25, 0.3) is 0 Å². The van der Waals surface area contributed by atoms with Crippen LogP contribution in [0.25, 0.3) is 0 Å². The van der Waals surface area contributed by atoms with Gasteiger partial charge >= 0.3 is 0 Å². The molecule has 0 spiro atoms. The first-order chi connectivity index (χ1) is 7.16. The maximum Gasteiger partial charge on any atom is 0.137 e. The third-order valence-electron chi connectivity index (χ3n) is 2.49. The largest absolute Gasteiger partial charge is 0.464 e. The van der Waals surface area contributed by atoms with Gasteiger partial charge in [0.1, 0.15) is 17.3 Å². The fourth-order valence-electron chi connectivity index (χ4n) is 1.78. The van der Waals surface area contributed by atoms with Crippen LogP contribution in [-0.2, 0) is 16.0 Å². The van der Waals surface area contributed by atoms with E-state index in [1.807, 2.05) is 0 Å². The van der Waals surface area contributed by atoms with E-state index >= 15 is 0 Å². The highest BCUT2D eigenvalue weighted by molar-refractivity contribution is 6.31. The number of carbonyl (C=O) groups excluding carboxylic acids is 1. The molecule has 4 heteroatoms. The Morgan fingerprint density at radius 1 is 1.67 bits per heavy atom. The molecule has 1 fully saturated rings. The Balaban J connectivity index is 2.17. The van der Waals surface area contributed by atoms with Gasteiger partial charge in [-0.2, -0.15) is 0 Å². The first-order valence-corrected chi connectivity index (χ1v) is 5.40. The van der Waals surface area contributed by atoms with Crippen LogP contribution >= 0.6 is 11.6 Å². The number of halogens is 1. The van der Waals surface area contributed by atoms with Gasteiger partial charge in [0.15, 0.2) is 0 Å². The van der Waals surface area contributed by atoms with E-state index in [0.29, 0.717) is 23.8 Å². The lowest BCUT2D eigenvalue weighted by molar-refractivity contribution is -0.116. The van der Waals surface area contributed by atoms with Crippen molar-refractivity contribution < 1.29 is 13.9 Å². The highest BCUT2D eigenvalue weighted by Crippen LogP contribution is 2.33. The molecule has 1 aliphatic rings. The summed E-state index contributed by atoms with van der Waals surface area (Å²) >= 11 is 6.05. The molecule has 1 aromatic rings. The van der Waals surface area contributed by atoms with Gasteiger partial charge in [-0.05, 0) is 19.4 Å². The molecule has 0 amide bonds. The summed E-state index contributed by atoms with van der Waals surface area (Å²) in [6, 6.07) is 1.73. The van der Waals surface area contributed by atoms with Gasteiger partial charge < -0.3 is 9.15 Å². The van der Waals surface area contributed by atoms with Gasteiger partial charge in [-0.1, -0.05) is 11.6 Å². The van der Waals surface area contributed by atoms with Crippen molar-refractivity contribution in [2.45, 2.75) is 25.7 Å². The fourth-order valence-corrected chi connectivity index (χ4v) is 2.10. The molecule has 15 heavy (non-hydrogen) atoms. The molecule has 82 valence electrons. The van der Waals surface area contributed by atoms with Crippen LogP contribution in [0.5, 0.6) is 0 Å². The number of Topliss-reactive ketones (excluding diaryl/α,β-unsaturated/α-hetero) is 1. The molecule has 0 saturated carbocycles. The van der Waals surface area contributed by atoms with Gasteiger partial charge in [0.2, 0.25) is 0 Å². The van der Waals surface area contributed by atoms with Crippen molar-refractivity contribution in [1.29, 1.82) is 0 Å². The van der Waals surface area contributed by atoms with Gasteiger partial charge in [0, 0.05) is 12.5 Å². The molecule has 0 radical (unpaired) electrons. The third-order valence-corrected chi connectivity index (χ3v) is 2.78. The van der Waals surface area contributed by atoms with Crippen LogP contribution in [0.4, 0.5) is 0 Å². The Kier molecular flexibility index (Phi) is 3.12. The molecule has 1 unspecified atom stereocenters. The molecule has 2 heterocycles. The second kappa shape index (κ2) is 4.37. The maximum atomic E-state index is 10.9. The predicted molar refractivity (Wildman–Crippen MR) is 56.3 cm³/mol. The monoisotopic (exact) mass is 228 g/mol. The molecule has 2 rings (SSSR count). The number of furan rings is 1. The SMILES string of the molecule is CC(=O)Cc1cc(Cl)c(C2CCOC2)o1. The number of carbonyl (C=O) groups is 1. The predicted octanol–water partition coefficient (Wildman–Crippen LogP) is 2.57. The molecule has 1 aliphatic heterocycles. The van der Waals surface area contributed by atoms with E-state index in [1.54, 1.807) is 6.07 Å². The van der Waals surface area contributed by atoms with Gasteiger partial charge in [-0.25, -0.2) is 0 Å². The average Bonchev–Trinajstić information content (AvgIpc) is 2.72. The van der Waals surface area contributed by atoms with Crippen LogP contribution in [-0.4, -0.2) is 19.0 Å². The van der Waals surface area contributed by atoms with E-state index < -0.39 is 0 Å². The Morgan fingerprint density at radius 2 is 2.47 bits per heavy atom. The Labute approximate surface area is 93.4 Å². The maximum absolute atomic E-state index is 10.9.